The van der Waals surface area contributed by atoms with Crippen molar-refractivity contribution >= 4 is 5.91 Å². The molecular formula is C19H16F4N4O. The summed E-state index contributed by atoms with van der Waals surface area (Å²) in [4.78, 5) is 14.0. The summed E-state index contributed by atoms with van der Waals surface area (Å²) < 4.78 is 53.6. The van der Waals surface area contributed by atoms with E-state index in [1.165, 1.54) is 42.3 Å². The van der Waals surface area contributed by atoms with Crippen molar-refractivity contribution in [2.45, 2.75) is 19.1 Å². The Morgan fingerprint density at radius 1 is 1.11 bits per heavy atom. The number of aromatic nitrogens is 3. The normalized spacial score (nSPS) is 12.6. The van der Waals surface area contributed by atoms with Crippen LogP contribution in [-0.2, 0) is 6.18 Å². The highest BCUT2D eigenvalue weighted by Crippen LogP contribution is 2.33. The molecule has 0 aliphatic heterocycles. The molecule has 5 nitrogen and oxygen atoms in total. The van der Waals surface area contributed by atoms with Crippen LogP contribution in [-0.4, -0.2) is 32.8 Å². The Bertz CT molecular complexity index is 982. The first kappa shape index (κ1) is 19.5. The highest BCUT2D eigenvalue weighted by Gasteiger charge is 2.34. The molecule has 0 aliphatic carbocycles. The second-order valence-electron chi connectivity index (χ2n) is 6.21. The number of alkyl halides is 3. The van der Waals surface area contributed by atoms with Crippen LogP contribution in [0, 0.1) is 5.82 Å². The van der Waals surface area contributed by atoms with Crippen LogP contribution in [0.1, 0.15) is 34.6 Å². The van der Waals surface area contributed by atoms with Crippen LogP contribution in [0.2, 0.25) is 0 Å². The molecule has 0 saturated heterocycles. The van der Waals surface area contributed by atoms with Gasteiger partial charge < -0.3 is 4.90 Å². The van der Waals surface area contributed by atoms with Crippen LogP contribution in [0.25, 0.3) is 5.69 Å². The van der Waals surface area contributed by atoms with Crippen molar-refractivity contribution in [2.24, 2.45) is 0 Å². The van der Waals surface area contributed by atoms with Gasteiger partial charge in [-0.1, -0.05) is 29.5 Å². The summed E-state index contributed by atoms with van der Waals surface area (Å²) in [5.41, 5.74) is -0.511. The van der Waals surface area contributed by atoms with E-state index in [2.05, 4.69) is 10.3 Å². The van der Waals surface area contributed by atoms with Gasteiger partial charge in [0.15, 0.2) is 5.69 Å². The van der Waals surface area contributed by atoms with E-state index in [1.54, 1.807) is 19.1 Å². The fourth-order valence-corrected chi connectivity index (χ4v) is 2.71. The summed E-state index contributed by atoms with van der Waals surface area (Å²) in [6.45, 7) is 1.74. The molecule has 1 heterocycles. The van der Waals surface area contributed by atoms with Crippen LogP contribution in [0.3, 0.4) is 0 Å². The number of rotatable bonds is 4. The van der Waals surface area contributed by atoms with Gasteiger partial charge in [-0.3, -0.25) is 4.79 Å². The maximum atomic E-state index is 13.2. The van der Waals surface area contributed by atoms with E-state index in [4.69, 9.17) is 0 Å². The standard InChI is InChI=1S/C19H16F4N4O/c1-12(13-7-9-14(20)10-8-13)26(2)18(28)16-11-27(25-24-16)17-6-4-3-5-15(17)19(21,22)23/h3-12H,1-2H3. The molecule has 0 saturated carbocycles. The van der Waals surface area contributed by atoms with Gasteiger partial charge in [0.25, 0.3) is 5.91 Å². The Hall–Kier alpha value is -3.23. The molecule has 1 unspecified atom stereocenters. The molecule has 1 amide bonds. The molecule has 3 aromatic rings. The average Bonchev–Trinajstić information content (AvgIpc) is 3.16. The fraction of sp³-hybridized carbons (Fsp3) is 0.211. The molecule has 0 bridgehead atoms. The third-order valence-corrected chi connectivity index (χ3v) is 4.42. The lowest BCUT2D eigenvalue weighted by Crippen LogP contribution is -2.30. The number of carbonyl (C=O) groups is 1. The van der Waals surface area contributed by atoms with Crippen molar-refractivity contribution in [3.63, 3.8) is 0 Å². The van der Waals surface area contributed by atoms with E-state index >= 15 is 0 Å². The van der Waals surface area contributed by atoms with Gasteiger partial charge in [-0.25, -0.2) is 9.07 Å². The lowest BCUT2D eigenvalue weighted by atomic mass is 10.1. The first-order valence-electron chi connectivity index (χ1n) is 8.30. The van der Waals surface area contributed by atoms with Gasteiger partial charge in [-0.2, -0.15) is 13.2 Å². The number of carbonyl (C=O) groups excluding carboxylic acids is 1. The SMILES string of the molecule is CC(c1ccc(F)cc1)N(C)C(=O)c1cn(-c2ccccc2C(F)(F)F)nn1. The first-order chi connectivity index (χ1) is 13.2. The lowest BCUT2D eigenvalue weighted by molar-refractivity contribution is -0.137. The van der Waals surface area contributed by atoms with E-state index in [0.717, 1.165) is 16.9 Å². The zero-order chi connectivity index (χ0) is 20.5. The molecule has 0 spiro atoms. The van der Waals surface area contributed by atoms with Crippen molar-refractivity contribution in [1.29, 1.82) is 0 Å². The highest BCUT2D eigenvalue weighted by atomic mass is 19.4. The average molecular weight is 392 g/mol. The largest absolute Gasteiger partial charge is 0.418 e. The maximum Gasteiger partial charge on any atom is 0.418 e. The van der Waals surface area contributed by atoms with Gasteiger partial charge in [-0.15, -0.1) is 5.10 Å². The number of nitrogens with zero attached hydrogens (tertiary/aromatic N) is 4. The zero-order valence-electron chi connectivity index (χ0n) is 15.0. The van der Waals surface area contributed by atoms with Crippen molar-refractivity contribution in [3.8, 4) is 5.69 Å². The minimum atomic E-state index is -4.57. The molecule has 146 valence electrons. The summed E-state index contributed by atoms with van der Waals surface area (Å²) in [7, 11) is 1.53. The molecule has 0 radical (unpaired) electrons. The van der Waals surface area contributed by atoms with Gasteiger partial charge in [0.1, 0.15) is 5.82 Å². The van der Waals surface area contributed by atoms with Crippen LogP contribution in [0.5, 0.6) is 0 Å². The molecule has 9 heteroatoms. The summed E-state index contributed by atoms with van der Waals surface area (Å²) in [5, 5.41) is 7.40. The molecule has 0 aliphatic rings. The van der Waals surface area contributed by atoms with Crippen LogP contribution in [0.4, 0.5) is 17.6 Å². The van der Waals surface area contributed by atoms with E-state index in [1.807, 2.05) is 0 Å². The minimum Gasteiger partial charge on any atom is -0.334 e. The molecular weight excluding hydrogens is 376 g/mol. The Labute approximate surface area is 158 Å². The van der Waals surface area contributed by atoms with Crippen LogP contribution in [0.15, 0.2) is 54.7 Å². The van der Waals surface area contributed by atoms with Crippen molar-refractivity contribution in [2.75, 3.05) is 7.05 Å². The number of amides is 1. The molecule has 1 aromatic heterocycles. The van der Waals surface area contributed by atoms with E-state index < -0.39 is 29.5 Å². The number of halogens is 4. The molecule has 2 aromatic carbocycles. The summed E-state index contributed by atoms with van der Waals surface area (Å²) in [6.07, 6.45) is -3.42. The van der Waals surface area contributed by atoms with Crippen molar-refractivity contribution in [3.05, 3.63) is 77.4 Å². The van der Waals surface area contributed by atoms with Crippen LogP contribution >= 0.6 is 0 Å². The van der Waals surface area contributed by atoms with Gasteiger partial charge in [0, 0.05) is 7.05 Å². The summed E-state index contributed by atoms with van der Waals surface area (Å²) in [6, 6.07) is 10.2. The second kappa shape index (κ2) is 7.41. The van der Waals surface area contributed by atoms with Gasteiger partial charge in [0.2, 0.25) is 0 Å². The molecule has 3 rings (SSSR count). The van der Waals surface area contributed by atoms with Crippen molar-refractivity contribution in [1.82, 2.24) is 19.9 Å². The quantitative estimate of drug-likeness (QED) is 0.624. The first-order valence-corrected chi connectivity index (χ1v) is 8.30. The van der Waals surface area contributed by atoms with Gasteiger partial charge in [-0.05, 0) is 36.8 Å². The highest BCUT2D eigenvalue weighted by molar-refractivity contribution is 5.92. The maximum absolute atomic E-state index is 13.2. The van der Waals surface area contributed by atoms with Gasteiger partial charge >= 0.3 is 6.18 Å². The van der Waals surface area contributed by atoms with Crippen molar-refractivity contribution < 1.29 is 22.4 Å². The lowest BCUT2D eigenvalue weighted by Gasteiger charge is -2.24. The predicted octanol–water partition coefficient (Wildman–Crippen LogP) is 4.26. The van der Waals surface area contributed by atoms with Crippen LogP contribution < -0.4 is 0 Å². The van der Waals surface area contributed by atoms with E-state index in [9.17, 15) is 22.4 Å². The topological polar surface area (TPSA) is 51.0 Å². The molecule has 1 atom stereocenters. The predicted molar refractivity (Wildman–Crippen MR) is 93.3 cm³/mol. The third kappa shape index (κ3) is 3.88. The third-order valence-electron chi connectivity index (χ3n) is 4.42. The number of para-hydroxylation sites is 1. The Balaban J connectivity index is 1.86. The smallest absolute Gasteiger partial charge is 0.334 e. The summed E-state index contributed by atoms with van der Waals surface area (Å²) >= 11 is 0. The van der Waals surface area contributed by atoms with Gasteiger partial charge in [0.05, 0.1) is 23.5 Å². The number of hydrogen-bond acceptors (Lipinski definition) is 3. The molecule has 0 N–H and O–H groups in total. The Kier molecular flexibility index (Phi) is 5.17. The van der Waals surface area contributed by atoms with E-state index in [-0.39, 0.29) is 11.4 Å². The fourth-order valence-electron chi connectivity index (χ4n) is 2.71. The second-order valence-corrected chi connectivity index (χ2v) is 6.21. The zero-order valence-corrected chi connectivity index (χ0v) is 15.0. The molecule has 28 heavy (non-hydrogen) atoms. The summed E-state index contributed by atoms with van der Waals surface area (Å²) in [5.74, 6) is -0.913. The molecule has 0 fully saturated rings. The van der Waals surface area contributed by atoms with E-state index in [0.29, 0.717) is 5.56 Å². The Morgan fingerprint density at radius 3 is 2.39 bits per heavy atom. The minimum absolute atomic E-state index is 0.103. The number of benzene rings is 2. The Morgan fingerprint density at radius 2 is 1.75 bits per heavy atom. The monoisotopic (exact) mass is 392 g/mol. The number of hydrogen-bond donors (Lipinski definition) is 0.